The second-order valence-corrected chi connectivity index (χ2v) is 6.31. The second kappa shape index (κ2) is 9.25. The lowest BCUT2D eigenvalue weighted by Gasteiger charge is -2.11. The van der Waals surface area contributed by atoms with Gasteiger partial charge in [0, 0.05) is 37.2 Å². The van der Waals surface area contributed by atoms with Gasteiger partial charge in [-0.2, -0.15) is 0 Å². The van der Waals surface area contributed by atoms with Crippen LogP contribution in [0.5, 0.6) is 5.88 Å². The molecule has 1 aliphatic rings. The third kappa shape index (κ3) is 5.83. The number of hydrogen-bond donors (Lipinski definition) is 2. The average molecular weight is 333 g/mol. The summed E-state index contributed by atoms with van der Waals surface area (Å²) in [6.45, 7) is 5.54. The van der Waals surface area contributed by atoms with E-state index in [2.05, 4.69) is 29.5 Å². The fourth-order valence-corrected chi connectivity index (χ4v) is 2.40. The summed E-state index contributed by atoms with van der Waals surface area (Å²) in [4.78, 5) is 27.8. The lowest BCUT2D eigenvalue weighted by Crippen LogP contribution is -2.31. The highest BCUT2D eigenvalue weighted by Crippen LogP contribution is 2.37. The number of ether oxygens (including phenoxy) is 1. The largest absolute Gasteiger partial charge is 0.477 e. The van der Waals surface area contributed by atoms with Gasteiger partial charge < -0.3 is 15.4 Å². The van der Waals surface area contributed by atoms with Gasteiger partial charge in [-0.3, -0.25) is 9.59 Å². The molecular weight excluding hydrogens is 306 g/mol. The van der Waals surface area contributed by atoms with Crippen LogP contribution in [0.25, 0.3) is 0 Å². The van der Waals surface area contributed by atoms with Crippen molar-refractivity contribution < 1.29 is 14.3 Å². The van der Waals surface area contributed by atoms with E-state index in [4.69, 9.17) is 4.74 Å². The summed E-state index contributed by atoms with van der Waals surface area (Å²) in [5.41, 5.74) is 0.859. The molecule has 0 aliphatic heterocycles. The van der Waals surface area contributed by atoms with Crippen LogP contribution in [0, 0.1) is 11.8 Å². The number of amides is 2. The quantitative estimate of drug-likeness (QED) is 0.642. The van der Waals surface area contributed by atoms with Gasteiger partial charge in [0.25, 0.3) is 0 Å². The number of pyridine rings is 1. The molecule has 2 amide bonds. The average Bonchev–Trinajstić information content (AvgIpc) is 3.31. The SMILES string of the molecule is CCCCOc1ncccc1CNC(=O)CCNC(=O)C1CC1C. The first kappa shape index (κ1) is 18.2. The predicted octanol–water partition coefficient (Wildman–Crippen LogP) is 2.04. The Morgan fingerprint density at radius 2 is 2.17 bits per heavy atom. The number of nitrogens with one attached hydrogen (secondary N) is 2. The Hall–Kier alpha value is -2.11. The van der Waals surface area contributed by atoms with E-state index in [0.717, 1.165) is 24.8 Å². The van der Waals surface area contributed by atoms with Gasteiger partial charge >= 0.3 is 0 Å². The predicted molar refractivity (Wildman–Crippen MR) is 91.4 cm³/mol. The van der Waals surface area contributed by atoms with Gasteiger partial charge in [0.05, 0.1) is 6.61 Å². The topological polar surface area (TPSA) is 80.3 Å². The van der Waals surface area contributed by atoms with Gasteiger partial charge in [0.2, 0.25) is 17.7 Å². The van der Waals surface area contributed by atoms with Gasteiger partial charge in [-0.1, -0.05) is 26.3 Å². The molecule has 6 nitrogen and oxygen atoms in total. The number of hydrogen-bond acceptors (Lipinski definition) is 4. The summed E-state index contributed by atoms with van der Waals surface area (Å²) >= 11 is 0. The van der Waals surface area contributed by atoms with Crippen molar-refractivity contribution in [3.63, 3.8) is 0 Å². The van der Waals surface area contributed by atoms with Gasteiger partial charge in [0.1, 0.15) is 0 Å². The number of carbonyl (C=O) groups is 2. The van der Waals surface area contributed by atoms with Crippen LogP contribution in [0.3, 0.4) is 0 Å². The number of unbranched alkanes of at least 4 members (excludes halogenated alkanes) is 1. The summed E-state index contributed by atoms with van der Waals surface area (Å²) in [5, 5.41) is 5.66. The summed E-state index contributed by atoms with van der Waals surface area (Å²) in [6.07, 6.45) is 4.95. The molecule has 0 spiro atoms. The molecular formula is C18H27N3O3. The Bertz CT molecular complexity index is 562. The summed E-state index contributed by atoms with van der Waals surface area (Å²) < 4.78 is 5.65. The Kier molecular flexibility index (Phi) is 7.03. The van der Waals surface area contributed by atoms with E-state index in [1.165, 1.54) is 0 Å². The van der Waals surface area contributed by atoms with E-state index in [1.807, 2.05) is 12.1 Å². The summed E-state index contributed by atoms with van der Waals surface area (Å²) in [5.74, 6) is 1.17. The van der Waals surface area contributed by atoms with Gasteiger partial charge in [0.15, 0.2) is 0 Å². The lowest BCUT2D eigenvalue weighted by atomic mass is 10.2. The van der Waals surface area contributed by atoms with E-state index >= 15 is 0 Å². The fourth-order valence-electron chi connectivity index (χ4n) is 2.40. The first-order valence-corrected chi connectivity index (χ1v) is 8.73. The molecule has 1 aromatic heterocycles. The third-order valence-electron chi connectivity index (χ3n) is 4.16. The van der Waals surface area contributed by atoms with E-state index in [1.54, 1.807) is 6.20 Å². The van der Waals surface area contributed by atoms with Crippen LogP contribution in [0.4, 0.5) is 0 Å². The molecule has 2 atom stereocenters. The molecule has 1 aromatic rings. The van der Waals surface area contributed by atoms with Gasteiger partial charge in [-0.25, -0.2) is 4.98 Å². The van der Waals surface area contributed by atoms with Crippen molar-refractivity contribution in [2.45, 2.75) is 46.1 Å². The molecule has 2 rings (SSSR count). The van der Waals surface area contributed by atoms with E-state index in [-0.39, 0.29) is 24.2 Å². The van der Waals surface area contributed by atoms with Crippen molar-refractivity contribution >= 4 is 11.8 Å². The molecule has 132 valence electrons. The van der Waals surface area contributed by atoms with Crippen LogP contribution >= 0.6 is 0 Å². The minimum Gasteiger partial charge on any atom is -0.477 e. The first-order chi connectivity index (χ1) is 11.6. The van der Waals surface area contributed by atoms with Crippen molar-refractivity contribution in [2.75, 3.05) is 13.2 Å². The summed E-state index contributed by atoms with van der Waals surface area (Å²) in [7, 11) is 0. The van der Waals surface area contributed by atoms with Crippen LogP contribution in [0.15, 0.2) is 18.3 Å². The van der Waals surface area contributed by atoms with Crippen molar-refractivity contribution in [1.29, 1.82) is 0 Å². The van der Waals surface area contributed by atoms with Crippen molar-refractivity contribution in [3.8, 4) is 5.88 Å². The summed E-state index contributed by atoms with van der Waals surface area (Å²) in [6, 6.07) is 3.72. The maximum atomic E-state index is 11.9. The molecule has 1 fully saturated rings. The number of rotatable bonds is 10. The normalized spacial score (nSPS) is 18.8. The van der Waals surface area contributed by atoms with E-state index < -0.39 is 0 Å². The van der Waals surface area contributed by atoms with Crippen molar-refractivity contribution in [2.24, 2.45) is 11.8 Å². The standard InChI is InChI=1S/C18H27N3O3/c1-3-4-10-24-18-14(6-5-8-20-18)12-21-16(22)7-9-19-17(23)15-11-13(15)2/h5-6,8,13,15H,3-4,7,9-12H2,1-2H3,(H,19,23)(H,21,22). The van der Waals surface area contributed by atoms with Crippen molar-refractivity contribution in [1.82, 2.24) is 15.6 Å². The molecule has 1 aliphatic carbocycles. The fraction of sp³-hybridized carbons (Fsp3) is 0.611. The van der Waals surface area contributed by atoms with Gasteiger partial charge in [-0.15, -0.1) is 0 Å². The highest BCUT2D eigenvalue weighted by molar-refractivity contribution is 5.82. The van der Waals surface area contributed by atoms with Crippen LogP contribution < -0.4 is 15.4 Å². The van der Waals surface area contributed by atoms with Crippen LogP contribution in [0.2, 0.25) is 0 Å². The zero-order valence-corrected chi connectivity index (χ0v) is 14.5. The highest BCUT2D eigenvalue weighted by Gasteiger charge is 2.38. The number of nitrogens with zero attached hydrogens (tertiary/aromatic N) is 1. The zero-order valence-electron chi connectivity index (χ0n) is 14.5. The lowest BCUT2D eigenvalue weighted by molar-refractivity contribution is -0.123. The molecule has 2 N–H and O–H groups in total. The Morgan fingerprint density at radius 1 is 1.38 bits per heavy atom. The molecule has 24 heavy (non-hydrogen) atoms. The van der Waals surface area contributed by atoms with Gasteiger partial charge in [-0.05, 0) is 24.8 Å². The zero-order chi connectivity index (χ0) is 17.4. The molecule has 0 radical (unpaired) electrons. The van der Waals surface area contributed by atoms with E-state index in [0.29, 0.717) is 31.5 Å². The monoisotopic (exact) mass is 333 g/mol. The number of carbonyl (C=O) groups excluding carboxylic acids is 2. The highest BCUT2D eigenvalue weighted by atomic mass is 16.5. The minimum absolute atomic E-state index is 0.0640. The smallest absolute Gasteiger partial charge is 0.223 e. The Morgan fingerprint density at radius 3 is 2.88 bits per heavy atom. The molecule has 0 saturated heterocycles. The molecule has 2 unspecified atom stereocenters. The maximum absolute atomic E-state index is 11.9. The Labute approximate surface area is 143 Å². The maximum Gasteiger partial charge on any atom is 0.223 e. The minimum atomic E-state index is -0.0949. The first-order valence-electron chi connectivity index (χ1n) is 8.73. The van der Waals surface area contributed by atoms with Crippen LogP contribution in [-0.4, -0.2) is 29.9 Å². The second-order valence-electron chi connectivity index (χ2n) is 6.31. The van der Waals surface area contributed by atoms with Crippen LogP contribution in [0.1, 0.15) is 45.1 Å². The molecule has 1 saturated carbocycles. The number of aromatic nitrogens is 1. The van der Waals surface area contributed by atoms with Crippen molar-refractivity contribution in [3.05, 3.63) is 23.9 Å². The molecule has 1 heterocycles. The molecule has 0 bridgehead atoms. The molecule has 0 aromatic carbocycles. The van der Waals surface area contributed by atoms with Crippen LogP contribution in [-0.2, 0) is 16.1 Å². The molecule has 6 heteroatoms. The Balaban J connectivity index is 1.68. The third-order valence-corrected chi connectivity index (χ3v) is 4.16. The van der Waals surface area contributed by atoms with E-state index in [9.17, 15) is 9.59 Å².